The molecule has 1 unspecified atom stereocenters. The van der Waals surface area contributed by atoms with E-state index in [1.54, 1.807) is 12.0 Å². The van der Waals surface area contributed by atoms with Crippen molar-refractivity contribution in [2.24, 2.45) is 0 Å². The predicted molar refractivity (Wildman–Crippen MR) is 112 cm³/mol. The number of benzene rings is 1. The highest BCUT2D eigenvalue weighted by Crippen LogP contribution is 2.29. The van der Waals surface area contributed by atoms with Crippen molar-refractivity contribution >= 4 is 29.6 Å². The molecule has 6 heteroatoms. The third-order valence-electron chi connectivity index (χ3n) is 4.13. The molecule has 1 aromatic rings. The first-order chi connectivity index (χ1) is 12.6. The highest BCUT2D eigenvalue weighted by Gasteiger charge is 2.19. The number of ether oxygens (including phenoxy) is 1. The van der Waals surface area contributed by atoms with Crippen LogP contribution in [0.1, 0.15) is 52.0 Å². The summed E-state index contributed by atoms with van der Waals surface area (Å²) in [5.41, 5.74) is 1.29. The summed E-state index contributed by atoms with van der Waals surface area (Å²) in [4.78, 5) is 11.9. The molecular weight excluding hydrogens is 371 g/mol. The number of hydrogen-bond donors (Lipinski definition) is 1. The van der Waals surface area contributed by atoms with Gasteiger partial charge in [0.15, 0.2) is 0 Å². The number of halogens is 2. The van der Waals surface area contributed by atoms with Crippen molar-refractivity contribution in [1.82, 2.24) is 10.2 Å². The highest BCUT2D eigenvalue weighted by molar-refractivity contribution is 6.42. The molecule has 0 aliphatic carbocycles. The van der Waals surface area contributed by atoms with Crippen molar-refractivity contribution < 1.29 is 9.53 Å². The fraction of sp³-hybridized carbons (Fsp3) is 0.650. The molecule has 150 valence electrons. The zero-order valence-electron chi connectivity index (χ0n) is 16.7. The zero-order valence-corrected chi connectivity index (χ0v) is 18.2. The summed E-state index contributed by atoms with van der Waals surface area (Å²) in [6.07, 6.45) is 3.32. The van der Waals surface area contributed by atoms with Gasteiger partial charge < -0.3 is 15.0 Å². The van der Waals surface area contributed by atoms with Gasteiger partial charge in [0.1, 0.15) is 0 Å². The lowest BCUT2D eigenvalue weighted by molar-refractivity contribution is -0.117. The molecule has 0 radical (unpaired) electrons. The summed E-state index contributed by atoms with van der Waals surface area (Å²) in [6.45, 7) is 11.8. The molecule has 0 aromatic heterocycles. The van der Waals surface area contributed by atoms with E-state index in [1.165, 1.54) is 12.0 Å². The second kappa shape index (κ2) is 15.3. The van der Waals surface area contributed by atoms with Crippen molar-refractivity contribution in [3.63, 3.8) is 0 Å². The Morgan fingerprint density at radius 2 is 1.85 bits per heavy atom. The van der Waals surface area contributed by atoms with Crippen LogP contribution in [0.15, 0.2) is 18.2 Å². The van der Waals surface area contributed by atoms with Gasteiger partial charge in [-0.2, -0.15) is 0 Å². The van der Waals surface area contributed by atoms with Gasteiger partial charge in [0.05, 0.1) is 16.1 Å². The summed E-state index contributed by atoms with van der Waals surface area (Å²) < 4.78 is 5.04. The quantitative estimate of drug-likeness (QED) is 0.721. The first-order valence-corrected chi connectivity index (χ1v) is 10.3. The molecule has 2 atom stereocenters. The van der Waals surface area contributed by atoms with Gasteiger partial charge in [0.2, 0.25) is 6.41 Å². The van der Waals surface area contributed by atoms with E-state index in [9.17, 15) is 4.79 Å². The molecule has 0 bridgehead atoms. The van der Waals surface area contributed by atoms with E-state index in [4.69, 9.17) is 27.9 Å². The van der Waals surface area contributed by atoms with Gasteiger partial charge >= 0.3 is 0 Å². The summed E-state index contributed by atoms with van der Waals surface area (Å²) in [7, 11) is 1.68. The molecule has 4 nitrogen and oxygen atoms in total. The topological polar surface area (TPSA) is 41.6 Å². The average molecular weight is 405 g/mol. The van der Waals surface area contributed by atoms with Crippen LogP contribution in [-0.4, -0.2) is 50.7 Å². The number of rotatable bonds is 3. The molecule has 0 saturated carbocycles. The van der Waals surface area contributed by atoms with E-state index in [1.807, 2.05) is 39.8 Å². The smallest absolute Gasteiger partial charge is 0.209 e. The molecule has 2 saturated heterocycles. The minimum Gasteiger partial charge on any atom is -0.380 e. The molecule has 26 heavy (non-hydrogen) atoms. The van der Waals surface area contributed by atoms with Crippen LogP contribution >= 0.6 is 23.2 Å². The highest BCUT2D eigenvalue weighted by atomic mass is 35.5. The van der Waals surface area contributed by atoms with Crippen LogP contribution in [0.3, 0.4) is 0 Å². The van der Waals surface area contributed by atoms with E-state index in [0.717, 1.165) is 39.0 Å². The minimum atomic E-state index is 0.273. The van der Waals surface area contributed by atoms with Crippen molar-refractivity contribution in [2.45, 2.75) is 52.6 Å². The number of carbonyl (C=O) groups excluding carboxylic acids is 1. The lowest BCUT2D eigenvalue weighted by Gasteiger charge is -2.09. The van der Waals surface area contributed by atoms with Crippen LogP contribution < -0.4 is 5.32 Å². The maximum Gasteiger partial charge on any atom is 0.209 e. The van der Waals surface area contributed by atoms with Crippen LogP contribution in [-0.2, 0) is 9.53 Å². The van der Waals surface area contributed by atoms with Crippen molar-refractivity contribution in [2.75, 3.05) is 33.3 Å². The third kappa shape index (κ3) is 8.72. The number of methoxy groups -OCH3 is 1. The fourth-order valence-corrected chi connectivity index (χ4v) is 3.05. The molecule has 1 aromatic carbocycles. The number of amides is 1. The third-order valence-corrected chi connectivity index (χ3v) is 4.87. The van der Waals surface area contributed by atoms with Gasteiger partial charge in [-0.05, 0) is 43.0 Å². The van der Waals surface area contributed by atoms with Crippen molar-refractivity contribution in [3.8, 4) is 0 Å². The Bertz CT molecular complexity index is 495. The van der Waals surface area contributed by atoms with Gasteiger partial charge in [-0.15, -0.1) is 0 Å². The van der Waals surface area contributed by atoms with Crippen LogP contribution in [0, 0.1) is 0 Å². The normalized spacial score (nSPS) is 20.8. The predicted octanol–water partition coefficient (Wildman–Crippen LogP) is 4.99. The van der Waals surface area contributed by atoms with E-state index >= 15 is 0 Å². The Labute approximate surface area is 169 Å². The Morgan fingerprint density at radius 3 is 2.27 bits per heavy atom. The van der Waals surface area contributed by atoms with Gasteiger partial charge in [-0.1, -0.05) is 57.0 Å². The molecule has 3 rings (SSSR count). The lowest BCUT2D eigenvalue weighted by atomic mass is 9.99. The fourth-order valence-electron chi connectivity index (χ4n) is 2.75. The van der Waals surface area contributed by atoms with E-state index in [-0.39, 0.29) is 6.10 Å². The average Bonchev–Trinajstić information content (AvgIpc) is 3.39. The number of nitrogens with one attached hydrogen (secondary N) is 1. The Morgan fingerprint density at radius 1 is 1.15 bits per heavy atom. The summed E-state index contributed by atoms with van der Waals surface area (Å²) in [5.74, 6) is 0.606. The van der Waals surface area contributed by atoms with Crippen molar-refractivity contribution in [3.05, 3.63) is 33.8 Å². The Balaban J connectivity index is 0.000000422. The van der Waals surface area contributed by atoms with Crippen LogP contribution in [0.25, 0.3) is 0 Å². The molecule has 2 heterocycles. The van der Waals surface area contributed by atoms with E-state index < -0.39 is 0 Å². The van der Waals surface area contributed by atoms with E-state index in [2.05, 4.69) is 11.4 Å². The first kappa shape index (κ1) is 25.2. The lowest BCUT2D eigenvalue weighted by Crippen LogP contribution is -2.20. The zero-order chi connectivity index (χ0) is 19.9. The van der Waals surface area contributed by atoms with Crippen LogP contribution in [0.4, 0.5) is 0 Å². The summed E-state index contributed by atoms with van der Waals surface area (Å²) in [6, 6.07) is 5.91. The Kier molecular flexibility index (Phi) is 14.8. The van der Waals surface area contributed by atoms with Crippen molar-refractivity contribution in [1.29, 1.82) is 0 Å². The Hall–Kier alpha value is -0.810. The van der Waals surface area contributed by atoms with Gasteiger partial charge in [-0.25, -0.2) is 0 Å². The second-order valence-corrected chi connectivity index (χ2v) is 6.42. The van der Waals surface area contributed by atoms with Gasteiger partial charge in [-0.3, -0.25) is 4.79 Å². The maximum absolute atomic E-state index is 10.1. The molecule has 1 N–H and O–H groups in total. The number of nitrogens with zero attached hydrogens (tertiary/aromatic N) is 1. The van der Waals surface area contributed by atoms with Gasteiger partial charge in [0, 0.05) is 26.7 Å². The van der Waals surface area contributed by atoms with E-state index in [0.29, 0.717) is 16.0 Å². The van der Waals surface area contributed by atoms with Crippen LogP contribution in [0.2, 0.25) is 10.0 Å². The maximum atomic E-state index is 10.1. The largest absolute Gasteiger partial charge is 0.380 e. The number of hydrogen-bond acceptors (Lipinski definition) is 3. The summed E-state index contributed by atoms with van der Waals surface area (Å²) in [5, 5.41) is 4.62. The molecule has 2 fully saturated rings. The minimum absolute atomic E-state index is 0.273. The SMILES string of the molecule is CC.CC.CO[C@@H]1CCN(C=O)C1.Clc1ccc(C2CCNC2)cc1Cl. The molecule has 0 spiro atoms. The standard InChI is InChI=1S/C10H11Cl2N.C6H11NO2.2C2H6/c11-9-2-1-7(5-10(9)12)8-3-4-13-6-8;1-9-6-2-3-7(4-6)5-8;2*1-2/h1-2,5,8,13H,3-4,6H2;5-6H,2-4H2,1H3;2*1-2H3/t;6-;;/m.1../s1. The molecular formula is C20H34Cl2N2O2. The van der Waals surface area contributed by atoms with Gasteiger partial charge in [0.25, 0.3) is 0 Å². The molecule has 1 amide bonds. The molecule has 2 aliphatic rings. The summed E-state index contributed by atoms with van der Waals surface area (Å²) >= 11 is 11.8. The number of carbonyl (C=O) groups is 1. The second-order valence-electron chi connectivity index (χ2n) is 5.61. The number of likely N-dealkylation sites (tertiary alicyclic amines) is 1. The van der Waals surface area contributed by atoms with Crippen LogP contribution in [0.5, 0.6) is 0 Å². The monoisotopic (exact) mass is 404 g/mol. The first-order valence-electron chi connectivity index (χ1n) is 9.52. The molecule has 2 aliphatic heterocycles.